The van der Waals surface area contributed by atoms with E-state index < -0.39 is 0 Å². The Morgan fingerprint density at radius 2 is 2.00 bits per heavy atom. The third kappa shape index (κ3) is 2.59. The summed E-state index contributed by atoms with van der Waals surface area (Å²) in [5.41, 5.74) is 0. The normalized spacial score (nSPS) is 10.5. The molecule has 1 rings (SSSR count). The molecule has 0 radical (unpaired) electrons. The van der Waals surface area contributed by atoms with Gasteiger partial charge in [-0.05, 0) is 18.4 Å². The van der Waals surface area contributed by atoms with Crippen LogP contribution in [0.25, 0.3) is 0 Å². The Morgan fingerprint density at radius 1 is 1.30 bits per heavy atom. The maximum atomic E-state index is 5.35. The summed E-state index contributed by atoms with van der Waals surface area (Å²) in [6.45, 7) is 0. The number of benzene rings is 1. The van der Waals surface area contributed by atoms with Gasteiger partial charge in [0.05, 0.1) is 0 Å². The lowest BCUT2D eigenvalue weighted by molar-refractivity contribution is 0.643. The fraction of sp³-hybridized carbons (Fsp3) is 0.143. The van der Waals surface area contributed by atoms with Crippen molar-refractivity contribution in [3.63, 3.8) is 0 Å². The minimum Gasteiger partial charge on any atom is -0.466 e. The molecule has 1 aromatic carbocycles. The summed E-state index contributed by atoms with van der Waals surface area (Å²) in [7, 11) is 0.509. The van der Waals surface area contributed by atoms with Gasteiger partial charge in [-0.25, -0.2) is 0 Å². The van der Waals surface area contributed by atoms with Gasteiger partial charge in [0, 0.05) is 0 Å². The lowest BCUT2D eigenvalue weighted by Gasteiger charge is -2.00. The van der Waals surface area contributed by atoms with Crippen LogP contribution in [-0.4, -0.2) is 6.26 Å². The van der Waals surface area contributed by atoms with Gasteiger partial charge in [-0.2, -0.15) is 0 Å². The van der Waals surface area contributed by atoms with Gasteiger partial charge in [-0.3, -0.25) is 0 Å². The van der Waals surface area contributed by atoms with Gasteiger partial charge in [0.2, 0.25) is 0 Å². The third-order valence-corrected chi connectivity index (χ3v) is 2.22. The van der Waals surface area contributed by atoms with E-state index in [4.69, 9.17) is 4.52 Å². The van der Waals surface area contributed by atoms with Crippen molar-refractivity contribution in [1.29, 1.82) is 0 Å². The Morgan fingerprint density at radius 3 is 2.60 bits per heavy atom. The molecule has 54 valence electrons. The van der Waals surface area contributed by atoms with Crippen molar-refractivity contribution < 1.29 is 4.52 Å². The molecule has 1 aromatic rings. The number of hydrogen-bond acceptors (Lipinski definition) is 2. The maximum Gasteiger partial charge on any atom is 0.133 e. The summed E-state index contributed by atoms with van der Waals surface area (Å²) in [5, 5.41) is 0. The topological polar surface area (TPSA) is 9.23 Å². The molecule has 0 aliphatic rings. The highest BCUT2D eigenvalue weighted by Crippen LogP contribution is 2.29. The van der Waals surface area contributed by atoms with E-state index in [-0.39, 0.29) is 0 Å². The van der Waals surface area contributed by atoms with Crippen molar-refractivity contribution in [1.82, 2.24) is 0 Å². The summed E-state index contributed by atoms with van der Waals surface area (Å²) >= 11 is 1.70. The van der Waals surface area contributed by atoms with Crippen molar-refractivity contribution in [3.8, 4) is 5.75 Å². The van der Waals surface area contributed by atoms with Gasteiger partial charge >= 0.3 is 0 Å². The zero-order chi connectivity index (χ0) is 7.23. The molecular weight excluding hydrogens is 163 g/mol. The fourth-order valence-corrected chi connectivity index (χ4v) is 1.43. The van der Waals surface area contributed by atoms with E-state index in [1.54, 1.807) is 11.4 Å². The molecule has 3 heteroatoms. The average molecular weight is 172 g/mol. The summed E-state index contributed by atoms with van der Waals surface area (Å²) in [4.78, 5) is 0. The van der Waals surface area contributed by atoms with E-state index in [1.165, 1.54) is 0 Å². The predicted molar refractivity (Wildman–Crippen MR) is 48.9 cm³/mol. The van der Waals surface area contributed by atoms with Crippen molar-refractivity contribution in [2.45, 2.75) is 0 Å². The predicted octanol–water partition coefficient (Wildman–Crippen LogP) is 2.94. The molecule has 0 aliphatic carbocycles. The van der Waals surface area contributed by atoms with Gasteiger partial charge in [-0.15, -0.1) is 0 Å². The summed E-state index contributed by atoms with van der Waals surface area (Å²) in [6.07, 6.45) is 2.03. The second-order valence-corrected chi connectivity index (χ2v) is 4.21. The lowest BCUT2D eigenvalue weighted by atomic mass is 10.3. The first-order chi connectivity index (χ1) is 4.93. The smallest absolute Gasteiger partial charge is 0.133 e. The quantitative estimate of drug-likeness (QED) is 0.648. The van der Waals surface area contributed by atoms with E-state index >= 15 is 0 Å². The van der Waals surface area contributed by atoms with Crippen LogP contribution in [0.5, 0.6) is 5.75 Å². The minimum absolute atomic E-state index is 0.509. The van der Waals surface area contributed by atoms with Gasteiger partial charge in [0.1, 0.15) is 13.8 Å². The molecule has 0 spiro atoms. The second kappa shape index (κ2) is 4.59. The molecule has 0 fully saturated rings. The van der Waals surface area contributed by atoms with E-state index in [9.17, 15) is 0 Å². The van der Waals surface area contributed by atoms with Gasteiger partial charge in [0.25, 0.3) is 0 Å². The number of hydrogen-bond donors (Lipinski definition) is 0. The minimum atomic E-state index is 0.509. The van der Waals surface area contributed by atoms with Crippen molar-refractivity contribution >= 4 is 19.4 Å². The monoisotopic (exact) mass is 172 g/mol. The zero-order valence-corrected chi connectivity index (χ0v) is 7.52. The molecule has 1 nitrogen and oxygen atoms in total. The Labute approximate surface area is 66.8 Å². The summed E-state index contributed by atoms with van der Waals surface area (Å²) < 4.78 is 5.35. The molecule has 1 atom stereocenters. The fourth-order valence-electron chi connectivity index (χ4n) is 0.578. The van der Waals surface area contributed by atoms with Crippen molar-refractivity contribution in [3.05, 3.63) is 30.3 Å². The van der Waals surface area contributed by atoms with Gasteiger partial charge in [0.15, 0.2) is 0 Å². The second-order valence-electron chi connectivity index (χ2n) is 1.70. The van der Waals surface area contributed by atoms with Crippen LogP contribution in [-0.2, 0) is 0 Å². The maximum absolute atomic E-state index is 5.35. The van der Waals surface area contributed by atoms with Crippen LogP contribution >= 0.6 is 19.4 Å². The molecule has 10 heavy (non-hydrogen) atoms. The van der Waals surface area contributed by atoms with Crippen LogP contribution in [0.15, 0.2) is 30.3 Å². The first kappa shape index (κ1) is 7.90. The molecule has 0 saturated heterocycles. The van der Waals surface area contributed by atoms with E-state index in [0.717, 1.165) is 5.75 Å². The molecule has 1 unspecified atom stereocenters. The van der Waals surface area contributed by atoms with Crippen LogP contribution in [0.2, 0.25) is 0 Å². The lowest BCUT2D eigenvalue weighted by Crippen LogP contribution is -1.72. The summed E-state index contributed by atoms with van der Waals surface area (Å²) in [6, 6.07) is 9.85. The Bertz CT molecular complexity index is 178. The molecule has 0 amide bonds. The first-order valence-electron chi connectivity index (χ1n) is 2.93. The van der Waals surface area contributed by atoms with Crippen LogP contribution in [0.3, 0.4) is 0 Å². The third-order valence-electron chi connectivity index (χ3n) is 0.986. The zero-order valence-electron chi connectivity index (χ0n) is 5.70. The van der Waals surface area contributed by atoms with Crippen LogP contribution in [0.4, 0.5) is 0 Å². The van der Waals surface area contributed by atoms with Crippen LogP contribution in [0, 0.1) is 0 Å². The Balaban J connectivity index is 2.43. The van der Waals surface area contributed by atoms with Crippen LogP contribution < -0.4 is 4.52 Å². The first-order valence-corrected chi connectivity index (χ1v) is 5.79. The van der Waals surface area contributed by atoms with Crippen LogP contribution in [0.1, 0.15) is 0 Å². The average Bonchev–Trinajstić information content (AvgIpc) is 2.03. The van der Waals surface area contributed by atoms with Crippen molar-refractivity contribution in [2.24, 2.45) is 0 Å². The Kier molecular flexibility index (Phi) is 3.63. The molecule has 0 bridgehead atoms. The molecule has 0 aliphatic heterocycles. The molecular formula is C7H9OPS. The van der Waals surface area contributed by atoms with E-state index in [2.05, 4.69) is 0 Å². The highest BCUT2D eigenvalue weighted by molar-refractivity contribution is 8.47. The summed E-state index contributed by atoms with van der Waals surface area (Å²) in [5.74, 6) is 0.954. The van der Waals surface area contributed by atoms with Gasteiger partial charge in [-0.1, -0.05) is 29.6 Å². The largest absolute Gasteiger partial charge is 0.466 e. The number of rotatable bonds is 3. The number of para-hydroxylation sites is 1. The highest BCUT2D eigenvalue weighted by Gasteiger charge is 1.87. The SMILES string of the molecule is CSPOc1ccccc1. The highest BCUT2D eigenvalue weighted by atomic mass is 32.7. The molecule has 0 saturated carbocycles. The van der Waals surface area contributed by atoms with Crippen molar-refractivity contribution in [2.75, 3.05) is 6.26 Å². The van der Waals surface area contributed by atoms with E-state index in [1.807, 2.05) is 36.6 Å². The molecule has 0 heterocycles. The van der Waals surface area contributed by atoms with E-state index in [0.29, 0.717) is 8.01 Å². The van der Waals surface area contributed by atoms with Gasteiger partial charge < -0.3 is 4.52 Å². The molecule has 0 aromatic heterocycles. The standard InChI is InChI=1S/C7H9OPS/c1-10-9-8-7-5-3-2-4-6-7/h2-6,9H,1H3. The Hall–Kier alpha value is -0.200. The molecule has 0 N–H and O–H groups in total.